The van der Waals surface area contributed by atoms with Crippen LogP contribution in [0.25, 0.3) is 0 Å². The highest BCUT2D eigenvalue weighted by molar-refractivity contribution is 6.03. The van der Waals surface area contributed by atoms with Gasteiger partial charge in [0.25, 0.3) is 0 Å². The van der Waals surface area contributed by atoms with Gasteiger partial charge in [-0.1, -0.05) is 25.3 Å². The van der Waals surface area contributed by atoms with Crippen molar-refractivity contribution in [3.8, 4) is 0 Å². The topological polar surface area (TPSA) is 24.7 Å². The van der Waals surface area contributed by atoms with Crippen LogP contribution in [0.15, 0.2) is 47.1 Å². The minimum atomic E-state index is 0.632. The van der Waals surface area contributed by atoms with Gasteiger partial charge in [0.05, 0.1) is 0 Å². The predicted molar refractivity (Wildman–Crippen MR) is 55.8 cm³/mol. The molecule has 0 saturated carbocycles. The quantitative estimate of drug-likeness (QED) is 0.450. The Hall–Kier alpha value is -1.44. The van der Waals surface area contributed by atoms with Gasteiger partial charge in [-0.2, -0.15) is 0 Å². The second-order valence-corrected chi connectivity index (χ2v) is 2.23. The van der Waals surface area contributed by atoms with E-state index in [0.29, 0.717) is 5.84 Å². The summed E-state index contributed by atoms with van der Waals surface area (Å²) in [5.74, 6) is 0.632. The molecule has 2 nitrogen and oxygen atoms in total. The van der Waals surface area contributed by atoms with E-state index in [1.54, 1.807) is 18.5 Å². The number of hydrogen-bond acceptors (Lipinski definition) is 1. The third-order valence-electron chi connectivity index (χ3n) is 1.03. The summed E-state index contributed by atoms with van der Waals surface area (Å²) < 4.78 is 0. The zero-order valence-electron chi connectivity index (χ0n) is 7.62. The number of rotatable bonds is 3. The Bertz CT molecular complexity index is 245. The van der Waals surface area contributed by atoms with E-state index in [2.05, 4.69) is 23.1 Å². The van der Waals surface area contributed by atoms with Crippen LogP contribution < -0.4 is 0 Å². The Balaban J connectivity index is 4.54. The molecule has 0 atom stereocenters. The van der Waals surface area contributed by atoms with Crippen molar-refractivity contribution in [1.29, 1.82) is 0 Å². The van der Waals surface area contributed by atoms with Crippen LogP contribution in [0.5, 0.6) is 0 Å². The van der Waals surface area contributed by atoms with E-state index in [1.807, 2.05) is 19.9 Å². The lowest BCUT2D eigenvalue weighted by atomic mass is 10.3. The normalized spacial score (nSPS) is 12.7. The van der Waals surface area contributed by atoms with Crippen molar-refractivity contribution in [2.24, 2.45) is 9.98 Å². The van der Waals surface area contributed by atoms with Crippen molar-refractivity contribution in [3.63, 3.8) is 0 Å². The molecule has 0 amide bonds. The predicted octanol–water partition coefficient (Wildman–Crippen LogP) is 2.75. The maximum absolute atomic E-state index is 4.07. The summed E-state index contributed by atoms with van der Waals surface area (Å²) in [7, 11) is 0. The minimum Gasteiger partial charge on any atom is -0.237 e. The van der Waals surface area contributed by atoms with E-state index in [0.717, 1.165) is 5.57 Å². The zero-order chi connectivity index (χ0) is 9.40. The molecule has 0 fully saturated rings. The second-order valence-electron chi connectivity index (χ2n) is 2.23. The van der Waals surface area contributed by atoms with E-state index < -0.39 is 0 Å². The van der Waals surface area contributed by atoms with Crippen molar-refractivity contribution < 1.29 is 0 Å². The molecular weight excluding hydrogens is 148 g/mol. The molecule has 0 heterocycles. The SMILES string of the molecule is C=CC=NC(=N/C=C\C)C(=C)C. The van der Waals surface area contributed by atoms with Gasteiger partial charge in [-0.25, -0.2) is 9.98 Å². The number of amidine groups is 1. The molecule has 0 aliphatic heterocycles. The van der Waals surface area contributed by atoms with Gasteiger partial charge in [-0.15, -0.1) is 0 Å². The summed E-state index contributed by atoms with van der Waals surface area (Å²) in [4.78, 5) is 8.11. The third-order valence-corrected chi connectivity index (χ3v) is 1.03. The van der Waals surface area contributed by atoms with Crippen LogP contribution in [-0.2, 0) is 0 Å². The largest absolute Gasteiger partial charge is 0.237 e. The first-order valence-corrected chi connectivity index (χ1v) is 3.72. The fraction of sp³-hybridized carbons (Fsp3) is 0.200. The molecule has 0 N–H and O–H groups in total. The minimum absolute atomic E-state index is 0.632. The van der Waals surface area contributed by atoms with Crippen molar-refractivity contribution in [3.05, 3.63) is 37.1 Å². The van der Waals surface area contributed by atoms with Crippen molar-refractivity contribution in [2.45, 2.75) is 13.8 Å². The molecule has 0 bridgehead atoms. The lowest BCUT2D eigenvalue weighted by molar-refractivity contribution is 1.43. The maximum atomic E-state index is 4.07. The van der Waals surface area contributed by atoms with Crippen LogP contribution in [0.2, 0.25) is 0 Å². The van der Waals surface area contributed by atoms with E-state index in [-0.39, 0.29) is 0 Å². The Kier molecular flexibility index (Phi) is 5.53. The lowest BCUT2D eigenvalue weighted by Gasteiger charge is -1.94. The van der Waals surface area contributed by atoms with Gasteiger partial charge in [0.2, 0.25) is 0 Å². The first-order chi connectivity index (χ1) is 5.72. The van der Waals surface area contributed by atoms with Crippen LogP contribution in [-0.4, -0.2) is 12.1 Å². The number of hydrogen-bond donors (Lipinski definition) is 0. The summed E-state index contributed by atoms with van der Waals surface area (Å²) in [5, 5.41) is 0. The standard InChI is InChI=1S/C10H14N2/c1-5-7-11-10(9(3)4)12-8-6-2/h5-8H,1,3H2,2,4H3/b8-6-,11-7?,12-10?. The molecule has 0 unspecified atom stereocenters. The Morgan fingerprint density at radius 1 is 1.42 bits per heavy atom. The van der Waals surface area contributed by atoms with Gasteiger partial charge in [-0.3, -0.25) is 0 Å². The van der Waals surface area contributed by atoms with Crippen LogP contribution in [0, 0.1) is 0 Å². The van der Waals surface area contributed by atoms with E-state index in [4.69, 9.17) is 0 Å². The fourth-order valence-electron chi connectivity index (χ4n) is 0.522. The summed E-state index contributed by atoms with van der Waals surface area (Å²) in [5.41, 5.74) is 0.839. The van der Waals surface area contributed by atoms with E-state index >= 15 is 0 Å². The second kappa shape index (κ2) is 6.28. The van der Waals surface area contributed by atoms with Gasteiger partial charge in [0.1, 0.15) is 0 Å². The van der Waals surface area contributed by atoms with Crippen molar-refractivity contribution >= 4 is 12.1 Å². The molecule has 0 rings (SSSR count). The molecule has 2 heteroatoms. The molecule has 12 heavy (non-hydrogen) atoms. The van der Waals surface area contributed by atoms with Gasteiger partial charge in [0, 0.05) is 12.4 Å². The van der Waals surface area contributed by atoms with Crippen LogP contribution >= 0.6 is 0 Å². The number of aliphatic imine (C=N–C) groups is 2. The zero-order valence-corrected chi connectivity index (χ0v) is 7.62. The Labute approximate surface area is 73.7 Å². The smallest absolute Gasteiger partial charge is 0.154 e. The average molecular weight is 162 g/mol. The summed E-state index contributed by atoms with van der Waals surface area (Å²) in [6, 6.07) is 0. The van der Waals surface area contributed by atoms with Gasteiger partial charge in [-0.05, 0) is 19.4 Å². The molecule has 0 spiro atoms. The molecule has 0 aromatic heterocycles. The summed E-state index contributed by atoms with van der Waals surface area (Å²) in [6.07, 6.45) is 6.72. The van der Waals surface area contributed by atoms with Crippen LogP contribution in [0.3, 0.4) is 0 Å². The highest BCUT2D eigenvalue weighted by atomic mass is 14.9. The summed E-state index contributed by atoms with van der Waals surface area (Å²) in [6.45, 7) is 11.0. The van der Waals surface area contributed by atoms with E-state index in [1.165, 1.54) is 0 Å². The molecular formula is C10H14N2. The summed E-state index contributed by atoms with van der Waals surface area (Å²) >= 11 is 0. The third kappa shape index (κ3) is 4.39. The van der Waals surface area contributed by atoms with Gasteiger partial charge >= 0.3 is 0 Å². The fourth-order valence-corrected chi connectivity index (χ4v) is 0.522. The van der Waals surface area contributed by atoms with E-state index in [9.17, 15) is 0 Å². The van der Waals surface area contributed by atoms with Gasteiger partial charge < -0.3 is 0 Å². The Morgan fingerprint density at radius 2 is 2.08 bits per heavy atom. The highest BCUT2D eigenvalue weighted by Crippen LogP contribution is 1.95. The van der Waals surface area contributed by atoms with Crippen molar-refractivity contribution in [1.82, 2.24) is 0 Å². The van der Waals surface area contributed by atoms with Crippen LogP contribution in [0.4, 0.5) is 0 Å². The first kappa shape index (κ1) is 10.6. The lowest BCUT2D eigenvalue weighted by Crippen LogP contribution is -1.93. The monoisotopic (exact) mass is 162 g/mol. The molecule has 0 radical (unpaired) electrons. The number of allylic oxidation sites excluding steroid dienone is 2. The molecule has 0 aromatic rings. The molecule has 0 aromatic carbocycles. The van der Waals surface area contributed by atoms with Crippen molar-refractivity contribution in [2.75, 3.05) is 0 Å². The maximum Gasteiger partial charge on any atom is 0.154 e. The molecule has 0 aliphatic rings. The first-order valence-electron chi connectivity index (χ1n) is 3.72. The molecule has 0 aliphatic carbocycles. The average Bonchev–Trinajstić information content (AvgIpc) is 2.04. The Morgan fingerprint density at radius 3 is 2.50 bits per heavy atom. The highest BCUT2D eigenvalue weighted by Gasteiger charge is 1.92. The molecule has 0 saturated heterocycles. The number of nitrogens with zero attached hydrogens (tertiary/aromatic N) is 2. The van der Waals surface area contributed by atoms with Gasteiger partial charge in [0.15, 0.2) is 5.84 Å². The van der Waals surface area contributed by atoms with Crippen LogP contribution in [0.1, 0.15) is 13.8 Å². The molecule has 64 valence electrons.